The second kappa shape index (κ2) is 11.2. The SMILES string of the molecule is O=C(O)c1c(F)c(F)c(-c2cc(-c3c(F)c(F)c(C(=O)O)c(F)c3F)cc(-c3c(F)c(F)c(C(=O)O)c(F)c3F)c2)c(F)c1F. The van der Waals surface area contributed by atoms with Gasteiger partial charge in [0.15, 0.2) is 69.8 Å². The maximum atomic E-state index is 15.0. The van der Waals surface area contributed by atoms with Gasteiger partial charge in [0.1, 0.15) is 16.7 Å². The van der Waals surface area contributed by atoms with E-state index in [1.54, 1.807) is 0 Å². The van der Waals surface area contributed by atoms with Crippen LogP contribution in [-0.4, -0.2) is 33.2 Å². The summed E-state index contributed by atoms with van der Waals surface area (Å²) in [5.74, 6) is -38.7. The van der Waals surface area contributed by atoms with Gasteiger partial charge in [-0.15, -0.1) is 0 Å². The van der Waals surface area contributed by atoms with Crippen molar-refractivity contribution in [1.29, 1.82) is 0 Å². The molecule has 18 heteroatoms. The highest BCUT2D eigenvalue weighted by Gasteiger charge is 2.35. The van der Waals surface area contributed by atoms with Crippen LogP contribution in [0.4, 0.5) is 52.7 Å². The number of benzene rings is 4. The minimum atomic E-state index is -2.61. The van der Waals surface area contributed by atoms with E-state index in [9.17, 15) is 67.1 Å². The van der Waals surface area contributed by atoms with E-state index in [0.29, 0.717) is 0 Å². The fourth-order valence-corrected chi connectivity index (χ4v) is 4.28. The number of hydrogen-bond acceptors (Lipinski definition) is 3. The van der Waals surface area contributed by atoms with E-state index in [2.05, 4.69) is 0 Å². The monoisotopic (exact) mass is 654 g/mol. The van der Waals surface area contributed by atoms with Crippen LogP contribution in [0.5, 0.6) is 0 Å². The van der Waals surface area contributed by atoms with Crippen molar-refractivity contribution in [2.24, 2.45) is 0 Å². The summed E-state index contributed by atoms with van der Waals surface area (Å²) < 4.78 is 177. The van der Waals surface area contributed by atoms with Crippen LogP contribution in [0, 0.1) is 69.8 Å². The van der Waals surface area contributed by atoms with Crippen LogP contribution in [0.3, 0.4) is 0 Å². The molecule has 0 aliphatic carbocycles. The van der Waals surface area contributed by atoms with E-state index in [0.717, 1.165) is 0 Å². The lowest BCUT2D eigenvalue weighted by Crippen LogP contribution is -2.13. The van der Waals surface area contributed by atoms with Gasteiger partial charge in [0.2, 0.25) is 0 Å². The average Bonchev–Trinajstić information content (AvgIpc) is 2.94. The average molecular weight is 654 g/mol. The predicted octanol–water partition coefficient (Wildman–Crippen LogP) is 7.45. The summed E-state index contributed by atoms with van der Waals surface area (Å²) in [4.78, 5) is 33.3. The molecule has 0 radical (unpaired) electrons. The molecule has 0 aliphatic rings. The molecule has 0 bridgehead atoms. The molecular formula is C27H6F12O6. The number of carbonyl (C=O) groups is 3. The lowest BCUT2D eigenvalue weighted by Gasteiger charge is -2.17. The zero-order chi connectivity index (χ0) is 34.0. The van der Waals surface area contributed by atoms with Gasteiger partial charge in [0, 0.05) is 0 Å². The van der Waals surface area contributed by atoms with E-state index in [4.69, 9.17) is 15.3 Å². The number of rotatable bonds is 6. The second-order valence-corrected chi connectivity index (χ2v) is 8.73. The molecule has 0 aliphatic heterocycles. The van der Waals surface area contributed by atoms with Crippen LogP contribution < -0.4 is 0 Å². The predicted molar refractivity (Wildman–Crippen MR) is 123 cm³/mol. The summed E-state index contributed by atoms with van der Waals surface area (Å²) in [5, 5.41) is 26.7. The molecule has 0 spiro atoms. The van der Waals surface area contributed by atoms with Crippen molar-refractivity contribution < 1.29 is 82.4 Å². The number of carboxylic acid groups (broad SMARTS) is 3. The Kier molecular flexibility index (Phi) is 8.04. The fraction of sp³-hybridized carbons (Fsp3) is 0. The first-order valence-electron chi connectivity index (χ1n) is 11.3. The smallest absolute Gasteiger partial charge is 0.341 e. The first-order chi connectivity index (χ1) is 20.8. The highest BCUT2D eigenvalue weighted by Crippen LogP contribution is 2.42. The molecule has 45 heavy (non-hydrogen) atoms. The molecule has 234 valence electrons. The highest BCUT2D eigenvalue weighted by molar-refractivity contribution is 5.92. The molecule has 0 saturated carbocycles. The Hall–Kier alpha value is -5.55. The lowest BCUT2D eigenvalue weighted by molar-refractivity contribution is 0.0672. The molecule has 0 saturated heterocycles. The van der Waals surface area contributed by atoms with E-state index in [1.807, 2.05) is 0 Å². The Labute approximate surface area is 239 Å². The van der Waals surface area contributed by atoms with Crippen molar-refractivity contribution in [3.63, 3.8) is 0 Å². The zero-order valence-electron chi connectivity index (χ0n) is 20.8. The quantitative estimate of drug-likeness (QED) is 0.147. The minimum absolute atomic E-state index is 0.0548. The molecule has 4 rings (SSSR count). The molecule has 0 heterocycles. The molecule has 0 atom stereocenters. The highest BCUT2D eigenvalue weighted by atomic mass is 19.2. The standard InChI is InChI=1S/C27H6F12O6/c28-13-7(14(29)20(35)10(19(13)34)25(40)41)4-1-5(8-15(30)21(36)11(26(42)43)22(37)16(8)31)3-6(2-4)9-17(32)23(38)12(27(44)45)24(39)18(9)33/h1-3H,(H,40,41)(H,42,43)(H,44,45). The van der Waals surface area contributed by atoms with Gasteiger partial charge in [-0.25, -0.2) is 67.1 Å². The van der Waals surface area contributed by atoms with Gasteiger partial charge in [0.05, 0.1) is 16.7 Å². The minimum Gasteiger partial charge on any atom is -0.477 e. The van der Waals surface area contributed by atoms with Gasteiger partial charge < -0.3 is 15.3 Å². The third-order valence-corrected chi connectivity index (χ3v) is 6.23. The molecule has 4 aromatic rings. The largest absolute Gasteiger partial charge is 0.477 e. The van der Waals surface area contributed by atoms with Crippen molar-refractivity contribution in [2.45, 2.75) is 0 Å². The van der Waals surface area contributed by atoms with Gasteiger partial charge >= 0.3 is 17.9 Å². The normalized spacial score (nSPS) is 11.2. The number of aromatic carboxylic acids is 3. The van der Waals surface area contributed by atoms with Gasteiger partial charge in [-0.2, -0.15) is 0 Å². The summed E-state index contributed by atoms with van der Waals surface area (Å²) in [5.41, 5.74) is -17.0. The molecule has 0 unspecified atom stereocenters. The van der Waals surface area contributed by atoms with Crippen LogP contribution in [-0.2, 0) is 0 Å². The van der Waals surface area contributed by atoms with Crippen LogP contribution >= 0.6 is 0 Å². The van der Waals surface area contributed by atoms with Crippen molar-refractivity contribution in [1.82, 2.24) is 0 Å². The Balaban J connectivity index is 2.25. The van der Waals surface area contributed by atoms with E-state index in [1.165, 1.54) is 0 Å². The third-order valence-electron chi connectivity index (χ3n) is 6.23. The van der Waals surface area contributed by atoms with Gasteiger partial charge in [-0.3, -0.25) is 0 Å². The Morgan fingerprint density at radius 1 is 0.333 bits per heavy atom. The summed E-state index contributed by atoms with van der Waals surface area (Å²) in [6.07, 6.45) is 0. The van der Waals surface area contributed by atoms with E-state index in [-0.39, 0.29) is 18.2 Å². The number of carboxylic acids is 3. The zero-order valence-corrected chi connectivity index (χ0v) is 20.8. The first kappa shape index (κ1) is 32.4. The van der Waals surface area contributed by atoms with E-state index < -0.39 is 138 Å². The molecule has 0 fully saturated rings. The van der Waals surface area contributed by atoms with Crippen LogP contribution in [0.25, 0.3) is 33.4 Å². The molecule has 0 aromatic heterocycles. The summed E-state index contributed by atoms with van der Waals surface area (Å²) in [6, 6.07) is 0.164. The molecule has 0 amide bonds. The molecule has 6 nitrogen and oxygen atoms in total. The lowest BCUT2D eigenvalue weighted by atomic mass is 9.90. The summed E-state index contributed by atoms with van der Waals surface area (Å²) in [6.45, 7) is 0. The molecular weight excluding hydrogens is 648 g/mol. The number of halogens is 12. The van der Waals surface area contributed by atoms with Crippen LogP contribution in [0.15, 0.2) is 18.2 Å². The van der Waals surface area contributed by atoms with E-state index >= 15 is 0 Å². The van der Waals surface area contributed by atoms with Crippen molar-refractivity contribution >= 4 is 17.9 Å². The van der Waals surface area contributed by atoms with Crippen molar-refractivity contribution in [3.05, 3.63) is 105 Å². The van der Waals surface area contributed by atoms with Crippen LogP contribution in [0.2, 0.25) is 0 Å². The Bertz CT molecular complexity index is 1700. The van der Waals surface area contributed by atoms with Crippen molar-refractivity contribution in [2.75, 3.05) is 0 Å². The van der Waals surface area contributed by atoms with Crippen LogP contribution in [0.1, 0.15) is 31.1 Å². The maximum absolute atomic E-state index is 15.0. The van der Waals surface area contributed by atoms with Gasteiger partial charge in [-0.1, -0.05) is 0 Å². The second-order valence-electron chi connectivity index (χ2n) is 8.73. The summed E-state index contributed by atoms with van der Waals surface area (Å²) >= 11 is 0. The van der Waals surface area contributed by atoms with Gasteiger partial charge in [-0.05, 0) is 34.9 Å². The number of hydrogen-bond donors (Lipinski definition) is 3. The molecule has 3 N–H and O–H groups in total. The van der Waals surface area contributed by atoms with Gasteiger partial charge in [0.25, 0.3) is 0 Å². The Morgan fingerprint density at radius 3 is 0.622 bits per heavy atom. The third kappa shape index (κ3) is 4.87. The maximum Gasteiger partial charge on any atom is 0.341 e. The topological polar surface area (TPSA) is 112 Å². The first-order valence-corrected chi connectivity index (χ1v) is 11.3. The molecule has 4 aromatic carbocycles. The summed E-state index contributed by atoms with van der Waals surface area (Å²) in [7, 11) is 0. The fourth-order valence-electron chi connectivity index (χ4n) is 4.28. The Morgan fingerprint density at radius 2 is 0.489 bits per heavy atom. The van der Waals surface area contributed by atoms with Crippen molar-refractivity contribution in [3.8, 4) is 33.4 Å².